The summed E-state index contributed by atoms with van der Waals surface area (Å²) in [6.07, 6.45) is 3.50. The third-order valence-electron chi connectivity index (χ3n) is 5.83. The number of rotatable bonds is 7. The van der Waals surface area contributed by atoms with Crippen molar-refractivity contribution in [2.24, 2.45) is 5.92 Å². The summed E-state index contributed by atoms with van der Waals surface area (Å²) in [7, 11) is 0. The van der Waals surface area contributed by atoms with E-state index in [1.165, 1.54) is 0 Å². The molecule has 1 fully saturated rings. The van der Waals surface area contributed by atoms with Crippen LogP contribution in [0.2, 0.25) is 0 Å². The number of aryl methyl sites for hydroxylation is 1. The van der Waals surface area contributed by atoms with E-state index in [0.717, 1.165) is 30.5 Å². The summed E-state index contributed by atoms with van der Waals surface area (Å²) in [5.41, 5.74) is 2.50. The molecule has 0 aliphatic heterocycles. The summed E-state index contributed by atoms with van der Waals surface area (Å²) in [5, 5.41) is 0.590. The highest BCUT2D eigenvalue weighted by atomic mass is 16.2. The van der Waals surface area contributed by atoms with Gasteiger partial charge in [-0.3, -0.25) is 14.2 Å². The van der Waals surface area contributed by atoms with Crippen LogP contribution in [0.1, 0.15) is 57.0 Å². The van der Waals surface area contributed by atoms with E-state index in [0.29, 0.717) is 29.7 Å². The van der Waals surface area contributed by atoms with Crippen molar-refractivity contribution in [2.45, 2.75) is 52.5 Å². The molecule has 0 spiro atoms. The number of carbonyl (C=O) groups excluding carboxylic acids is 1. The van der Waals surface area contributed by atoms with Gasteiger partial charge < -0.3 is 4.90 Å². The second kappa shape index (κ2) is 8.42. The van der Waals surface area contributed by atoms with E-state index in [-0.39, 0.29) is 23.4 Å². The Labute approximate surface area is 177 Å². The Balaban J connectivity index is 1.94. The van der Waals surface area contributed by atoms with Crippen molar-refractivity contribution < 1.29 is 4.79 Å². The van der Waals surface area contributed by atoms with Crippen molar-refractivity contribution in [3.05, 3.63) is 70.3 Å². The number of hydrogen-bond donors (Lipinski definition) is 0. The fourth-order valence-electron chi connectivity index (χ4n) is 4.08. The minimum Gasteiger partial charge on any atom is -0.332 e. The zero-order chi connectivity index (χ0) is 21.3. The number of hydrogen-bond acceptors (Lipinski definition) is 3. The summed E-state index contributed by atoms with van der Waals surface area (Å²) >= 11 is 0. The molecule has 0 N–H and O–H groups in total. The van der Waals surface area contributed by atoms with Gasteiger partial charge in [-0.05, 0) is 56.9 Å². The SMILES string of the molecule is CCCN(C(=O)C1CC1)C(CC)c1nc2ccccc2c(=O)n1-c1ccc(C)cc1. The Kier molecular flexibility index (Phi) is 5.71. The van der Waals surface area contributed by atoms with Crippen LogP contribution in [0.25, 0.3) is 16.6 Å². The molecular formula is C25H29N3O2. The average molecular weight is 404 g/mol. The van der Waals surface area contributed by atoms with Gasteiger partial charge >= 0.3 is 0 Å². The zero-order valence-corrected chi connectivity index (χ0v) is 18.0. The molecule has 5 heteroatoms. The molecule has 1 saturated carbocycles. The largest absolute Gasteiger partial charge is 0.332 e. The number of amides is 1. The van der Waals surface area contributed by atoms with Crippen molar-refractivity contribution in [1.82, 2.24) is 14.5 Å². The molecule has 4 rings (SSSR count). The smallest absolute Gasteiger partial charge is 0.266 e. The van der Waals surface area contributed by atoms with Gasteiger partial charge in [0.1, 0.15) is 5.82 Å². The number of fused-ring (bicyclic) bond motifs is 1. The summed E-state index contributed by atoms with van der Waals surface area (Å²) in [4.78, 5) is 33.6. The van der Waals surface area contributed by atoms with Crippen LogP contribution in [0.4, 0.5) is 0 Å². The standard InChI is InChI=1S/C25H29N3O2/c1-4-16-27(24(29)18-12-13-18)22(5-2)23-26-21-9-7-6-8-20(21)25(30)28(23)19-14-10-17(3)11-15-19/h6-11,14-15,18,22H,4-5,12-13,16H2,1-3H3. The number of benzene rings is 2. The van der Waals surface area contributed by atoms with Gasteiger partial charge in [0.15, 0.2) is 0 Å². The van der Waals surface area contributed by atoms with Gasteiger partial charge in [-0.2, -0.15) is 0 Å². The number of para-hydroxylation sites is 1. The van der Waals surface area contributed by atoms with Crippen LogP contribution in [-0.4, -0.2) is 26.9 Å². The van der Waals surface area contributed by atoms with E-state index in [2.05, 4.69) is 13.8 Å². The second-order valence-corrected chi connectivity index (χ2v) is 8.19. The maximum absolute atomic E-state index is 13.6. The first-order valence-corrected chi connectivity index (χ1v) is 10.9. The van der Waals surface area contributed by atoms with Gasteiger partial charge in [-0.25, -0.2) is 4.98 Å². The lowest BCUT2D eigenvalue weighted by molar-refractivity contribution is -0.135. The van der Waals surface area contributed by atoms with E-state index >= 15 is 0 Å². The Morgan fingerprint density at radius 1 is 1.13 bits per heavy atom. The lowest BCUT2D eigenvalue weighted by Crippen LogP contribution is -2.39. The molecule has 1 aliphatic rings. The fraction of sp³-hybridized carbons (Fsp3) is 0.400. The first-order chi connectivity index (χ1) is 14.5. The molecule has 2 aromatic carbocycles. The normalized spacial score (nSPS) is 14.6. The van der Waals surface area contributed by atoms with E-state index < -0.39 is 0 Å². The van der Waals surface area contributed by atoms with Crippen LogP contribution in [0, 0.1) is 12.8 Å². The Bertz CT molecular complexity index is 1110. The lowest BCUT2D eigenvalue weighted by Gasteiger charge is -2.32. The summed E-state index contributed by atoms with van der Waals surface area (Å²) < 4.78 is 1.71. The second-order valence-electron chi connectivity index (χ2n) is 8.19. The maximum Gasteiger partial charge on any atom is 0.266 e. The molecule has 1 heterocycles. The van der Waals surface area contributed by atoms with Crippen LogP contribution in [0.15, 0.2) is 53.3 Å². The van der Waals surface area contributed by atoms with Crippen LogP contribution >= 0.6 is 0 Å². The minimum absolute atomic E-state index is 0.0896. The van der Waals surface area contributed by atoms with Gasteiger partial charge in [-0.1, -0.05) is 43.7 Å². The van der Waals surface area contributed by atoms with Crippen LogP contribution in [-0.2, 0) is 4.79 Å². The quantitative estimate of drug-likeness (QED) is 0.570. The molecule has 1 aromatic heterocycles. The summed E-state index contributed by atoms with van der Waals surface area (Å²) in [6, 6.07) is 15.1. The van der Waals surface area contributed by atoms with E-state index in [4.69, 9.17) is 4.98 Å². The predicted molar refractivity (Wildman–Crippen MR) is 120 cm³/mol. The Morgan fingerprint density at radius 3 is 2.47 bits per heavy atom. The third-order valence-corrected chi connectivity index (χ3v) is 5.83. The van der Waals surface area contributed by atoms with Crippen molar-refractivity contribution in [3.63, 3.8) is 0 Å². The lowest BCUT2D eigenvalue weighted by atomic mass is 10.1. The van der Waals surface area contributed by atoms with Gasteiger partial charge in [-0.15, -0.1) is 0 Å². The minimum atomic E-state index is -0.239. The van der Waals surface area contributed by atoms with Crippen LogP contribution in [0.3, 0.4) is 0 Å². The molecule has 156 valence electrons. The molecule has 3 aromatic rings. The Morgan fingerprint density at radius 2 is 1.83 bits per heavy atom. The first-order valence-electron chi connectivity index (χ1n) is 10.9. The Hall–Kier alpha value is -2.95. The molecule has 1 amide bonds. The molecule has 30 heavy (non-hydrogen) atoms. The van der Waals surface area contributed by atoms with Crippen LogP contribution in [0.5, 0.6) is 0 Å². The fourth-order valence-corrected chi connectivity index (χ4v) is 4.08. The molecule has 1 unspecified atom stereocenters. The predicted octanol–water partition coefficient (Wildman–Crippen LogP) is 4.79. The van der Waals surface area contributed by atoms with Crippen molar-refractivity contribution >= 4 is 16.8 Å². The molecule has 5 nitrogen and oxygen atoms in total. The average Bonchev–Trinajstić information content (AvgIpc) is 3.60. The monoisotopic (exact) mass is 403 g/mol. The highest BCUT2D eigenvalue weighted by Crippen LogP contribution is 2.35. The summed E-state index contributed by atoms with van der Waals surface area (Å²) in [5.74, 6) is 0.972. The highest BCUT2D eigenvalue weighted by Gasteiger charge is 2.37. The highest BCUT2D eigenvalue weighted by molar-refractivity contribution is 5.82. The number of aromatic nitrogens is 2. The molecular weight excluding hydrogens is 374 g/mol. The van der Waals surface area contributed by atoms with E-state index in [1.807, 2.05) is 60.4 Å². The summed E-state index contributed by atoms with van der Waals surface area (Å²) in [6.45, 7) is 6.85. The maximum atomic E-state index is 13.6. The molecule has 0 radical (unpaired) electrons. The molecule has 0 bridgehead atoms. The van der Waals surface area contributed by atoms with Gasteiger partial charge in [0.05, 0.1) is 22.6 Å². The third kappa shape index (κ3) is 3.76. The molecule has 1 atom stereocenters. The van der Waals surface area contributed by atoms with Gasteiger partial charge in [0.25, 0.3) is 5.56 Å². The van der Waals surface area contributed by atoms with E-state index in [1.54, 1.807) is 4.57 Å². The van der Waals surface area contributed by atoms with E-state index in [9.17, 15) is 9.59 Å². The number of carbonyl (C=O) groups is 1. The van der Waals surface area contributed by atoms with Crippen LogP contribution < -0.4 is 5.56 Å². The van der Waals surface area contributed by atoms with Crippen molar-refractivity contribution in [3.8, 4) is 5.69 Å². The topological polar surface area (TPSA) is 55.2 Å². The molecule has 1 aliphatic carbocycles. The number of nitrogens with zero attached hydrogens (tertiary/aromatic N) is 3. The van der Waals surface area contributed by atoms with Crippen molar-refractivity contribution in [2.75, 3.05) is 6.54 Å². The first kappa shape index (κ1) is 20.3. The van der Waals surface area contributed by atoms with Crippen molar-refractivity contribution in [1.29, 1.82) is 0 Å². The molecule has 0 saturated heterocycles. The van der Waals surface area contributed by atoms with Gasteiger partial charge in [0.2, 0.25) is 5.91 Å². The zero-order valence-electron chi connectivity index (χ0n) is 18.0. The van der Waals surface area contributed by atoms with Gasteiger partial charge in [0, 0.05) is 12.5 Å².